The summed E-state index contributed by atoms with van der Waals surface area (Å²) in [5, 5.41) is 2.82. The Balaban J connectivity index is 2.38. The van der Waals surface area contributed by atoms with Crippen molar-refractivity contribution in [3.05, 3.63) is 29.3 Å². The summed E-state index contributed by atoms with van der Waals surface area (Å²) < 4.78 is 5.68. The number of nitrogens with two attached hydrogens (primary N) is 2. The van der Waals surface area contributed by atoms with Crippen LogP contribution in [0.1, 0.15) is 37.3 Å². The van der Waals surface area contributed by atoms with Crippen LogP contribution in [-0.4, -0.2) is 31.1 Å². The SMILES string of the molecule is CC(N)(CCCCN)C(=O)NCCOc1ccc(CS)c(CS)c1. The minimum Gasteiger partial charge on any atom is -0.492 e. The lowest BCUT2D eigenvalue weighted by Crippen LogP contribution is -2.52. The van der Waals surface area contributed by atoms with E-state index in [1.807, 2.05) is 18.2 Å². The van der Waals surface area contributed by atoms with Crippen LogP contribution < -0.4 is 21.5 Å². The van der Waals surface area contributed by atoms with Gasteiger partial charge in [-0.3, -0.25) is 4.79 Å². The van der Waals surface area contributed by atoms with Crippen molar-refractivity contribution < 1.29 is 9.53 Å². The first kappa shape index (κ1) is 21.2. The van der Waals surface area contributed by atoms with E-state index in [2.05, 4.69) is 30.6 Å². The second-order valence-electron chi connectivity index (χ2n) is 6.01. The third-order valence-electron chi connectivity index (χ3n) is 3.84. The van der Waals surface area contributed by atoms with Gasteiger partial charge in [-0.25, -0.2) is 0 Å². The second kappa shape index (κ2) is 10.9. The summed E-state index contributed by atoms with van der Waals surface area (Å²) in [6.07, 6.45) is 2.34. The van der Waals surface area contributed by atoms with E-state index < -0.39 is 5.54 Å². The van der Waals surface area contributed by atoms with Crippen molar-refractivity contribution in [2.45, 2.75) is 43.2 Å². The summed E-state index contributed by atoms with van der Waals surface area (Å²) in [6, 6.07) is 5.85. The van der Waals surface area contributed by atoms with Crippen LogP contribution in [0, 0.1) is 0 Å². The lowest BCUT2D eigenvalue weighted by Gasteiger charge is -2.23. The highest BCUT2D eigenvalue weighted by atomic mass is 32.1. The molecule has 1 aromatic rings. The second-order valence-corrected chi connectivity index (χ2v) is 6.65. The smallest absolute Gasteiger partial charge is 0.239 e. The molecule has 0 radical (unpaired) electrons. The molecule has 1 unspecified atom stereocenters. The number of nitrogens with one attached hydrogen (secondary N) is 1. The van der Waals surface area contributed by atoms with Gasteiger partial charge in [-0.1, -0.05) is 6.07 Å². The fourth-order valence-electron chi connectivity index (χ4n) is 2.28. The van der Waals surface area contributed by atoms with Crippen LogP contribution in [0.2, 0.25) is 0 Å². The number of benzene rings is 1. The van der Waals surface area contributed by atoms with Gasteiger partial charge in [0.15, 0.2) is 0 Å². The maximum atomic E-state index is 12.1. The number of amides is 1. The Hall–Kier alpha value is -0.890. The monoisotopic (exact) mass is 371 g/mol. The van der Waals surface area contributed by atoms with Gasteiger partial charge in [0.2, 0.25) is 5.91 Å². The van der Waals surface area contributed by atoms with Gasteiger partial charge >= 0.3 is 0 Å². The maximum Gasteiger partial charge on any atom is 0.239 e. The normalized spacial score (nSPS) is 13.4. The van der Waals surface area contributed by atoms with Gasteiger partial charge in [0.25, 0.3) is 0 Å². The summed E-state index contributed by atoms with van der Waals surface area (Å²) in [4.78, 5) is 12.1. The van der Waals surface area contributed by atoms with Crippen LogP contribution in [0.4, 0.5) is 0 Å². The van der Waals surface area contributed by atoms with Crippen LogP contribution in [0.3, 0.4) is 0 Å². The first-order valence-electron chi connectivity index (χ1n) is 8.18. The molecule has 1 aromatic carbocycles. The molecule has 0 fully saturated rings. The molecule has 0 bridgehead atoms. The zero-order valence-electron chi connectivity index (χ0n) is 14.3. The number of ether oxygens (including phenoxy) is 1. The molecule has 0 spiro atoms. The van der Waals surface area contributed by atoms with Crippen LogP contribution in [0.25, 0.3) is 0 Å². The van der Waals surface area contributed by atoms with Crippen LogP contribution in [-0.2, 0) is 16.3 Å². The fraction of sp³-hybridized carbons (Fsp3) is 0.588. The van der Waals surface area contributed by atoms with Crippen molar-refractivity contribution in [2.75, 3.05) is 19.7 Å². The Bertz CT molecular complexity index is 525. The molecule has 0 aliphatic rings. The highest BCUT2D eigenvalue weighted by Gasteiger charge is 2.27. The van der Waals surface area contributed by atoms with Crippen LogP contribution in [0.15, 0.2) is 18.2 Å². The average molecular weight is 372 g/mol. The lowest BCUT2D eigenvalue weighted by atomic mass is 9.95. The molecular weight excluding hydrogens is 342 g/mol. The third-order valence-corrected chi connectivity index (χ3v) is 4.53. The molecule has 1 rings (SSSR count). The number of unbranched alkanes of at least 4 members (excludes halogenated alkanes) is 1. The molecule has 24 heavy (non-hydrogen) atoms. The van der Waals surface area contributed by atoms with Gasteiger partial charge in [0.05, 0.1) is 12.1 Å². The molecule has 5 N–H and O–H groups in total. The van der Waals surface area contributed by atoms with Crippen molar-refractivity contribution in [3.8, 4) is 5.75 Å². The molecular formula is C17H29N3O2S2. The largest absolute Gasteiger partial charge is 0.492 e. The zero-order chi connectivity index (χ0) is 18.0. The molecule has 0 heterocycles. The minimum atomic E-state index is -0.872. The minimum absolute atomic E-state index is 0.162. The quantitative estimate of drug-likeness (QED) is 0.303. The van der Waals surface area contributed by atoms with E-state index in [-0.39, 0.29) is 5.91 Å². The van der Waals surface area contributed by atoms with E-state index >= 15 is 0 Å². The van der Waals surface area contributed by atoms with Crippen molar-refractivity contribution in [2.24, 2.45) is 11.5 Å². The van der Waals surface area contributed by atoms with Crippen LogP contribution >= 0.6 is 25.3 Å². The highest BCUT2D eigenvalue weighted by molar-refractivity contribution is 7.79. The number of hydrogen-bond donors (Lipinski definition) is 5. The topological polar surface area (TPSA) is 90.4 Å². The summed E-state index contributed by atoms with van der Waals surface area (Å²) in [6.45, 7) is 3.16. The van der Waals surface area contributed by atoms with E-state index in [9.17, 15) is 4.79 Å². The van der Waals surface area contributed by atoms with Crippen LogP contribution in [0.5, 0.6) is 5.75 Å². The number of hydrogen-bond acceptors (Lipinski definition) is 6. The van der Waals surface area contributed by atoms with Gasteiger partial charge in [0.1, 0.15) is 12.4 Å². The molecule has 0 aliphatic carbocycles. The molecule has 1 amide bonds. The van der Waals surface area contributed by atoms with Crippen molar-refractivity contribution in [1.29, 1.82) is 0 Å². The lowest BCUT2D eigenvalue weighted by molar-refractivity contribution is -0.126. The fourth-order valence-corrected chi connectivity index (χ4v) is 2.88. The molecule has 7 heteroatoms. The predicted octanol–water partition coefficient (Wildman–Crippen LogP) is 1.89. The summed E-state index contributed by atoms with van der Waals surface area (Å²) in [5.41, 5.74) is 12.9. The van der Waals surface area contributed by atoms with Gasteiger partial charge < -0.3 is 21.5 Å². The van der Waals surface area contributed by atoms with E-state index in [4.69, 9.17) is 16.2 Å². The number of rotatable bonds is 11. The van der Waals surface area contributed by atoms with Gasteiger partial charge in [0, 0.05) is 11.5 Å². The molecule has 1 atom stereocenters. The van der Waals surface area contributed by atoms with Gasteiger partial charge in [-0.05, 0) is 56.0 Å². The highest BCUT2D eigenvalue weighted by Crippen LogP contribution is 2.20. The van der Waals surface area contributed by atoms with Gasteiger partial charge in [-0.15, -0.1) is 0 Å². The maximum absolute atomic E-state index is 12.1. The Morgan fingerprint density at radius 3 is 2.58 bits per heavy atom. The average Bonchev–Trinajstić information content (AvgIpc) is 2.58. The summed E-state index contributed by atoms with van der Waals surface area (Å²) in [7, 11) is 0. The predicted molar refractivity (Wildman–Crippen MR) is 106 cm³/mol. The van der Waals surface area contributed by atoms with E-state index in [0.29, 0.717) is 37.6 Å². The molecule has 136 valence electrons. The third kappa shape index (κ3) is 6.93. The molecule has 0 saturated heterocycles. The molecule has 0 aromatic heterocycles. The summed E-state index contributed by atoms with van der Waals surface area (Å²) >= 11 is 8.61. The Labute approximate surface area is 155 Å². The first-order chi connectivity index (χ1) is 11.4. The number of thiol groups is 2. The Morgan fingerprint density at radius 1 is 1.25 bits per heavy atom. The zero-order valence-corrected chi connectivity index (χ0v) is 16.0. The van der Waals surface area contributed by atoms with E-state index in [1.165, 1.54) is 0 Å². The Kier molecular flexibility index (Phi) is 9.58. The van der Waals surface area contributed by atoms with E-state index in [1.54, 1.807) is 6.92 Å². The molecule has 0 saturated carbocycles. The molecule has 0 aliphatic heterocycles. The van der Waals surface area contributed by atoms with Crippen molar-refractivity contribution in [1.82, 2.24) is 5.32 Å². The Morgan fingerprint density at radius 2 is 1.96 bits per heavy atom. The first-order valence-corrected chi connectivity index (χ1v) is 9.44. The number of carbonyl (C=O) groups excluding carboxylic acids is 1. The number of carbonyl (C=O) groups is 1. The van der Waals surface area contributed by atoms with E-state index in [0.717, 1.165) is 29.7 Å². The summed E-state index contributed by atoms with van der Waals surface area (Å²) in [5.74, 6) is 1.91. The van der Waals surface area contributed by atoms with Crippen molar-refractivity contribution in [3.63, 3.8) is 0 Å². The standard InChI is InChI=1S/C17H29N3O2S2/c1-17(19,6-2-3-7-18)16(21)20-8-9-22-15-5-4-13(11-23)14(10-15)12-24/h4-5,10,23-24H,2-3,6-9,11-12,18-19H2,1H3,(H,20,21). The van der Waals surface area contributed by atoms with Crippen molar-refractivity contribution >= 4 is 31.2 Å². The van der Waals surface area contributed by atoms with Gasteiger partial charge in [-0.2, -0.15) is 25.3 Å². The molecule has 5 nitrogen and oxygen atoms in total.